The van der Waals surface area contributed by atoms with Gasteiger partial charge in [0, 0.05) is 11.4 Å². The van der Waals surface area contributed by atoms with E-state index >= 15 is 0 Å². The lowest BCUT2D eigenvalue weighted by Crippen LogP contribution is -2.09. The molecule has 21 heavy (non-hydrogen) atoms. The fourth-order valence-electron chi connectivity index (χ4n) is 1.74. The van der Waals surface area contributed by atoms with E-state index < -0.39 is 11.8 Å². The van der Waals surface area contributed by atoms with Crippen molar-refractivity contribution in [1.29, 1.82) is 5.26 Å². The molecule has 0 aliphatic rings. The van der Waals surface area contributed by atoms with Crippen LogP contribution >= 0.6 is 0 Å². The summed E-state index contributed by atoms with van der Waals surface area (Å²) < 4.78 is 18.2. The zero-order valence-corrected chi connectivity index (χ0v) is 11.0. The van der Waals surface area contributed by atoms with E-state index in [1.807, 2.05) is 0 Å². The molecule has 0 aromatic heterocycles. The number of rotatable bonds is 3. The van der Waals surface area contributed by atoms with E-state index in [1.54, 1.807) is 12.1 Å². The number of hydrogen-bond acceptors (Lipinski definition) is 5. The molecule has 106 valence electrons. The van der Waals surface area contributed by atoms with Crippen LogP contribution in [0.2, 0.25) is 0 Å². The van der Waals surface area contributed by atoms with Crippen LogP contribution in [-0.4, -0.2) is 5.97 Å². The highest BCUT2D eigenvalue weighted by Gasteiger charge is 2.12. The van der Waals surface area contributed by atoms with Crippen LogP contribution in [0.5, 0.6) is 0 Å². The Morgan fingerprint density at radius 2 is 2.00 bits per heavy atom. The summed E-state index contributed by atoms with van der Waals surface area (Å²) in [6, 6.07) is 10.1. The first-order valence-electron chi connectivity index (χ1n) is 6.02. The van der Waals surface area contributed by atoms with Gasteiger partial charge in [-0.2, -0.15) is 5.26 Å². The van der Waals surface area contributed by atoms with Crippen LogP contribution in [0.1, 0.15) is 21.5 Å². The third-order valence-corrected chi connectivity index (χ3v) is 2.82. The van der Waals surface area contributed by atoms with Crippen molar-refractivity contribution in [2.75, 3.05) is 11.5 Å². The molecule has 0 radical (unpaired) electrons. The highest BCUT2D eigenvalue weighted by molar-refractivity contribution is 5.95. The van der Waals surface area contributed by atoms with Crippen molar-refractivity contribution >= 4 is 17.3 Å². The van der Waals surface area contributed by atoms with Crippen molar-refractivity contribution < 1.29 is 13.9 Å². The molecule has 0 atom stereocenters. The molecular formula is C15H12FN3O2. The Bertz CT molecular complexity index is 738. The number of esters is 1. The summed E-state index contributed by atoms with van der Waals surface area (Å²) in [5, 5.41) is 8.73. The van der Waals surface area contributed by atoms with Crippen LogP contribution in [0.15, 0.2) is 36.4 Å². The Morgan fingerprint density at radius 3 is 2.67 bits per heavy atom. The Labute approximate surface area is 120 Å². The summed E-state index contributed by atoms with van der Waals surface area (Å²) in [4.78, 5) is 11.9. The van der Waals surface area contributed by atoms with Gasteiger partial charge in [0.1, 0.15) is 18.5 Å². The fourth-order valence-corrected chi connectivity index (χ4v) is 1.74. The van der Waals surface area contributed by atoms with Crippen LogP contribution in [0.25, 0.3) is 0 Å². The van der Waals surface area contributed by atoms with E-state index in [2.05, 4.69) is 0 Å². The first kappa shape index (κ1) is 14.3. The molecule has 6 heteroatoms. The van der Waals surface area contributed by atoms with Crippen molar-refractivity contribution in [3.8, 4) is 6.07 Å². The predicted molar refractivity (Wildman–Crippen MR) is 75.5 cm³/mol. The minimum Gasteiger partial charge on any atom is -0.457 e. The molecule has 0 unspecified atom stereocenters. The molecule has 0 spiro atoms. The molecule has 2 rings (SSSR count). The van der Waals surface area contributed by atoms with Crippen LogP contribution in [0.3, 0.4) is 0 Å². The van der Waals surface area contributed by atoms with Crippen LogP contribution in [-0.2, 0) is 11.3 Å². The zero-order chi connectivity index (χ0) is 15.4. The van der Waals surface area contributed by atoms with Gasteiger partial charge in [0.15, 0.2) is 0 Å². The third-order valence-electron chi connectivity index (χ3n) is 2.82. The quantitative estimate of drug-likeness (QED) is 0.665. The second kappa shape index (κ2) is 5.92. The molecule has 4 N–H and O–H groups in total. The molecule has 0 aliphatic heterocycles. The monoisotopic (exact) mass is 285 g/mol. The summed E-state index contributed by atoms with van der Waals surface area (Å²) in [5.74, 6) is -1.23. The lowest BCUT2D eigenvalue weighted by atomic mass is 10.1. The SMILES string of the molecule is N#Cc1cc(COC(=O)c2ccc(N)cc2N)ccc1F. The Hall–Kier alpha value is -3.07. The van der Waals surface area contributed by atoms with Gasteiger partial charge in [0.2, 0.25) is 0 Å². The predicted octanol–water partition coefficient (Wildman–Crippen LogP) is 2.22. The topological polar surface area (TPSA) is 102 Å². The maximum Gasteiger partial charge on any atom is 0.340 e. The van der Waals surface area contributed by atoms with E-state index in [4.69, 9.17) is 21.5 Å². The van der Waals surface area contributed by atoms with Gasteiger partial charge < -0.3 is 16.2 Å². The average Bonchev–Trinajstić information content (AvgIpc) is 2.46. The molecule has 0 heterocycles. The average molecular weight is 285 g/mol. The van der Waals surface area contributed by atoms with Crippen LogP contribution in [0.4, 0.5) is 15.8 Å². The molecule has 0 aliphatic carbocycles. The standard InChI is InChI=1S/C15H12FN3O2/c16-13-4-1-9(5-10(13)7-17)8-21-15(20)12-3-2-11(18)6-14(12)19/h1-6H,8,18-19H2. The maximum atomic E-state index is 13.2. The minimum absolute atomic E-state index is 0.0857. The molecule has 5 nitrogen and oxygen atoms in total. The van der Waals surface area contributed by atoms with E-state index in [9.17, 15) is 9.18 Å². The van der Waals surface area contributed by atoms with Gasteiger partial charge in [0.05, 0.1) is 11.1 Å². The highest BCUT2D eigenvalue weighted by Crippen LogP contribution is 2.18. The van der Waals surface area contributed by atoms with Gasteiger partial charge in [-0.15, -0.1) is 0 Å². The van der Waals surface area contributed by atoms with Crippen LogP contribution in [0, 0.1) is 17.1 Å². The van der Waals surface area contributed by atoms with Gasteiger partial charge in [-0.3, -0.25) is 0 Å². The summed E-state index contributed by atoms with van der Waals surface area (Å²) in [6.45, 7) is -0.0857. The molecule has 2 aromatic rings. The Balaban J connectivity index is 2.09. The van der Waals surface area contributed by atoms with Crippen molar-refractivity contribution in [3.63, 3.8) is 0 Å². The summed E-state index contributed by atoms with van der Waals surface area (Å²) in [7, 11) is 0. The smallest absolute Gasteiger partial charge is 0.340 e. The number of nitrogens with two attached hydrogens (primary N) is 2. The number of benzene rings is 2. The van der Waals surface area contributed by atoms with Crippen molar-refractivity contribution in [2.45, 2.75) is 6.61 Å². The van der Waals surface area contributed by atoms with Gasteiger partial charge in [-0.05, 0) is 35.9 Å². The summed E-state index contributed by atoms with van der Waals surface area (Å²) in [6.07, 6.45) is 0. The molecule has 0 saturated heterocycles. The normalized spacial score (nSPS) is 9.90. The number of ether oxygens (including phenoxy) is 1. The van der Waals surface area contributed by atoms with Gasteiger partial charge in [-0.1, -0.05) is 6.07 Å². The van der Waals surface area contributed by atoms with Gasteiger partial charge in [0.25, 0.3) is 0 Å². The fraction of sp³-hybridized carbons (Fsp3) is 0.0667. The molecular weight excluding hydrogens is 273 g/mol. The first-order chi connectivity index (χ1) is 10.0. The zero-order valence-electron chi connectivity index (χ0n) is 11.0. The Morgan fingerprint density at radius 1 is 1.24 bits per heavy atom. The molecule has 0 fully saturated rings. The second-order valence-electron chi connectivity index (χ2n) is 4.35. The van der Waals surface area contributed by atoms with E-state index in [-0.39, 0.29) is 23.4 Å². The Kier molecular flexibility index (Phi) is 4.05. The molecule has 0 saturated carbocycles. The van der Waals surface area contributed by atoms with E-state index in [0.717, 1.165) is 6.07 Å². The van der Waals surface area contributed by atoms with Crippen molar-refractivity contribution in [2.24, 2.45) is 0 Å². The number of hydrogen-bond donors (Lipinski definition) is 2. The third kappa shape index (κ3) is 3.28. The molecule has 0 amide bonds. The number of nitrogen functional groups attached to an aromatic ring is 2. The number of nitrogens with zero attached hydrogens (tertiary/aromatic N) is 1. The lowest BCUT2D eigenvalue weighted by Gasteiger charge is -2.08. The highest BCUT2D eigenvalue weighted by atomic mass is 19.1. The number of anilines is 2. The summed E-state index contributed by atoms with van der Waals surface area (Å²) in [5.41, 5.74) is 12.5. The maximum absolute atomic E-state index is 13.2. The minimum atomic E-state index is -0.615. The number of halogens is 1. The molecule has 0 bridgehead atoms. The van der Waals surface area contributed by atoms with Crippen molar-refractivity contribution in [1.82, 2.24) is 0 Å². The molecule has 2 aromatic carbocycles. The number of carbonyl (C=O) groups is 1. The van der Waals surface area contributed by atoms with Crippen molar-refractivity contribution in [3.05, 3.63) is 58.9 Å². The van der Waals surface area contributed by atoms with Gasteiger partial charge >= 0.3 is 5.97 Å². The first-order valence-corrected chi connectivity index (χ1v) is 6.02. The summed E-state index contributed by atoms with van der Waals surface area (Å²) >= 11 is 0. The van der Waals surface area contributed by atoms with Crippen LogP contribution < -0.4 is 11.5 Å². The van der Waals surface area contributed by atoms with E-state index in [0.29, 0.717) is 11.3 Å². The van der Waals surface area contributed by atoms with Gasteiger partial charge in [-0.25, -0.2) is 9.18 Å². The van der Waals surface area contributed by atoms with E-state index in [1.165, 1.54) is 24.3 Å². The lowest BCUT2D eigenvalue weighted by molar-refractivity contribution is 0.0474. The number of nitriles is 1. The number of carbonyl (C=O) groups excluding carboxylic acids is 1. The largest absolute Gasteiger partial charge is 0.457 e. The second-order valence-corrected chi connectivity index (χ2v) is 4.35.